The molecule has 0 spiro atoms. The third kappa shape index (κ3) is 14.4. The molecule has 0 aromatic heterocycles. The van der Waals surface area contributed by atoms with Crippen LogP contribution in [-0.4, -0.2) is 50.0 Å². The maximum absolute atomic E-state index is 11.5. The number of methoxy groups -OCH3 is 2. The molecule has 0 unspecified atom stereocenters. The van der Waals surface area contributed by atoms with Crippen LogP contribution < -0.4 is 0 Å². The van der Waals surface area contributed by atoms with Gasteiger partial charge in [-0.05, 0) is 25.7 Å². The third-order valence-corrected chi connectivity index (χ3v) is 3.47. The van der Waals surface area contributed by atoms with Gasteiger partial charge in [0.15, 0.2) is 0 Å². The Morgan fingerprint density at radius 3 is 0.964 bits per heavy atom. The molecule has 0 N–H and O–H groups in total. The molecule has 0 radical (unpaired) electrons. The number of esters is 6. The van der Waals surface area contributed by atoms with Gasteiger partial charge >= 0.3 is 35.8 Å². The number of unbranched alkanes of at least 4 members (excludes halogenated alkanes) is 2. The van der Waals surface area contributed by atoms with Gasteiger partial charge < -0.3 is 18.9 Å². The molecule has 0 heterocycles. The van der Waals surface area contributed by atoms with Crippen LogP contribution in [0, 0.1) is 0 Å². The second kappa shape index (κ2) is 15.3. The Morgan fingerprint density at radius 2 is 0.679 bits per heavy atom. The summed E-state index contributed by atoms with van der Waals surface area (Å²) in [6, 6.07) is 0. The molecule has 0 fully saturated rings. The molecular formula is C18H26O10. The summed E-state index contributed by atoms with van der Waals surface area (Å²) < 4.78 is 17.9. The Kier molecular flexibility index (Phi) is 13.8. The quantitative estimate of drug-likeness (QED) is 0.192. The van der Waals surface area contributed by atoms with Crippen LogP contribution in [0.1, 0.15) is 64.2 Å². The lowest BCUT2D eigenvalue weighted by molar-refractivity contribution is -0.165. The summed E-state index contributed by atoms with van der Waals surface area (Å²) in [5.41, 5.74) is 0. The standard InChI is InChI=1S/C18H26O10/c1-25-13(19)7-3-5-9-15(21)27-17(23)11-12-18(24)28-16(22)10-6-4-8-14(20)26-2/h3-12H2,1-2H3. The van der Waals surface area contributed by atoms with Crippen LogP contribution in [0.4, 0.5) is 0 Å². The Morgan fingerprint density at radius 1 is 0.429 bits per heavy atom. The minimum atomic E-state index is -0.902. The maximum Gasteiger partial charge on any atom is 0.314 e. The van der Waals surface area contributed by atoms with Gasteiger partial charge in [-0.2, -0.15) is 0 Å². The molecule has 0 saturated carbocycles. The topological polar surface area (TPSA) is 139 Å². The second-order valence-corrected chi connectivity index (χ2v) is 5.76. The maximum atomic E-state index is 11.5. The smallest absolute Gasteiger partial charge is 0.314 e. The molecule has 0 aromatic rings. The van der Waals surface area contributed by atoms with Gasteiger partial charge in [0.2, 0.25) is 0 Å². The molecule has 0 aliphatic carbocycles. The molecule has 0 aliphatic heterocycles. The summed E-state index contributed by atoms with van der Waals surface area (Å²) >= 11 is 0. The van der Waals surface area contributed by atoms with Crippen molar-refractivity contribution in [2.24, 2.45) is 0 Å². The molecule has 0 aliphatic rings. The molecule has 0 saturated heterocycles. The SMILES string of the molecule is COC(=O)CCCCC(=O)OC(=O)CCC(=O)OC(=O)CCCCC(=O)OC. The average Bonchev–Trinajstić information content (AvgIpc) is 2.66. The van der Waals surface area contributed by atoms with E-state index in [1.165, 1.54) is 14.2 Å². The number of hydrogen-bond acceptors (Lipinski definition) is 10. The largest absolute Gasteiger partial charge is 0.469 e. The number of rotatable bonds is 13. The van der Waals surface area contributed by atoms with Crippen molar-refractivity contribution in [3.8, 4) is 0 Å². The Hall–Kier alpha value is -2.78. The van der Waals surface area contributed by atoms with Crippen LogP contribution in [0.5, 0.6) is 0 Å². The first-order valence-corrected chi connectivity index (χ1v) is 8.89. The molecular weight excluding hydrogens is 376 g/mol. The zero-order chi connectivity index (χ0) is 21.4. The van der Waals surface area contributed by atoms with Gasteiger partial charge in [-0.15, -0.1) is 0 Å². The van der Waals surface area contributed by atoms with E-state index < -0.39 is 36.7 Å². The molecule has 0 atom stereocenters. The monoisotopic (exact) mass is 402 g/mol. The predicted octanol–water partition coefficient (Wildman–Crippen LogP) is 1.37. The van der Waals surface area contributed by atoms with Crippen molar-refractivity contribution < 1.29 is 47.7 Å². The van der Waals surface area contributed by atoms with Crippen LogP contribution in [0.3, 0.4) is 0 Å². The van der Waals surface area contributed by atoms with E-state index in [0.717, 1.165) is 0 Å². The van der Waals surface area contributed by atoms with Crippen LogP contribution in [-0.2, 0) is 47.7 Å². The van der Waals surface area contributed by atoms with Crippen LogP contribution in [0.15, 0.2) is 0 Å². The summed E-state index contributed by atoms with van der Waals surface area (Å²) in [5.74, 6) is -4.10. The molecule has 28 heavy (non-hydrogen) atoms. The zero-order valence-corrected chi connectivity index (χ0v) is 16.2. The molecule has 0 rings (SSSR count). The van der Waals surface area contributed by atoms with E-state index in [1.807, 2.05) is 0 Å². The van der Waals surface area contributed by atoms with Gasteiger partial charge in [-0.1, -0.05) is 0 Å². The summed E-state index contributed by atoms with van der Waals surface area (Å²) in [5, 5.41) is 0. The van der Waals surface area contributed by atoms with Crippen molar-refractivity contribution in [2.75, 3.05) is 14.2 Å². The number of ether oxygens (including phenoxy) is 4. The van der Waals surface area contributed by atoms with E-state index in [0.29, 0.717) is 25.7 Å². The van der Waals surface area contributed by atoms with E-state index in [2.05, 4.69) is 18.9 Å². The highest BCUT2D eigenvalue weighted by atomic mass is 16.6. The molecule has 158 valence electrons. The normalized spacial score (nSPS) is 9.93. The number of carbonyl (C=O) groups excluding carboxylic acids is 6. The van der Waals surface area contributed by atoms with Crippen molar-refractivity contribution >= 4 is 35.8 Å². The van der Waals surface area contributed by atoms with Gasteiger partial charge in [0.25, 0.3) is 0 Å². The molecule has 0 amide bonds. The Bertz CT molecular complexity index is 517. The molecule has 10 heteroatoms. The van der Waals surface area contributed by atoms with E-state index in [1.54, 1.807) is 0 Å². The molecule has 0 aromatic carbocycles. The second-order valence-electron chi connectivity index (χ2n) is 5.76. The fourth-order valence-corrected chi connectivity index (χ4v) is 1.94. The summed E-state index contributed by atoms with van der Waals surface area (Å²) in [4.78, 5) is 67.6. The highest BCUT2D eigenvalue weighted by Gasteiger charge is 2.16. The number of carbonyl (C=O) groups is 6. The van der Waals surface area contributed by atoms with E-state index in [4.69, 9.17) is 0 Å². The van der Waals surface area contributed by atoms with Gasteiger partial charge in [0.05, 0.1) is 27.1 Å². The van der Waals surface area contributed by atoms with Gasteiger partial charge in [0.1, 0.15) is 0 Å². The van der Waals surface area contributed by atoms with Crippen molar-refractivity contribution in [3.05, 3.63) is 0 Å². The minimum absolute atomic E-state index is 0.0444. The summed E-state index contributed by atoms with van der Waals surface area (Å²) in [6.07, 6.45) is 0.995. The third-order valence-electron chi connectivity index (χ3n) is 3.47. The van der Waals surface area contributed by atoms with Gasteiger partial charge in [0, 0.05) is 25.7 Å². The molecule has 10 nitrogen and oxygen atoms in total. The van der Waals surface area contributed by atoms with E-state index in [-0.39, 0.29) is 37.6 Å². The van der Waals surface area contributed by atoms with E-state index >= 15 is 0 Å². The number of hydrogen-bond donors (Lipinski definition) is 0. The minimum Gasteiger partial charge on any atom is -0.469 e. The van der Waals surface area contributed by atoms with Crippen molar-refractivity contribution in [1.29, 1.82) is 0 Å². The molecule has 0 bridgehead atoms. The predicted molar refractivity (Wildman–Crippen MR) is 92.4 cm³/mol. The van der Waals surface area contributed by atoms with Crippen molar-refractivity contribution in [2.45, 2.75) is 64.2 Å². The Balaban J connectivity index is 3.82. The van der Waals surface area contributed by atoms with Crippen LogP contribution in [0.2, 0.25) is 0 Å². The highest BCUT2D eigenvalue weighted by molar-refractivity contribution is 5.90. The summed E-state index contributed by atoms with van der Waals surface area (Å²) in [7, 11) is 2.53. The fraction of sp³-hybridized carbons (Fsp3) is 0.667. The highest BCUT2D eigenvalue weighted by Crippen LogP contribution is 2.06. The lowest BCUT2D eigenvalue weighted by atomic mass is 10.2. The van der Waals surface area contributed by atoms with Crippen molar-refractivity contribution in [3.63, 3.8) is 0 Å². The van der Waals surface area contributed by atoms with Gasteiger partial charge in [-0.3, -0.25) is 28.8 Å². The Labute approximate surface area is 162 Å². The average molecular weight is 402 g/mol. The zero-order valence-electron chi connectivity index (χ0n) is 16.2. The van der Waals surface area contributed by atoms with Gasteiger partial charge in [-0.25, -0.2) is 0 Å². The first-order chi connectivity index (χ1) is 13.3. The lowest BCUT2D eigenvalue weighted by Gasteiger charge is -2.04. The lowest BCUT2D eigenvalue weighted by Crippen LogP contribution is -2.16. The fourth-order valence-electron chi connectivity index (χ4n) is 1.94. The van der Waals surface area contributed by atoms with Crippen molar-refractivity contribution in [1.82, 2.24) is 0 Å². The first-order valence-electron chi connectivity index (χ1n) is 8.89. The van der Waals surface area contributed by atoms with Crippen LogP contribution >= 0.6 is 0 Å². The van der Waals surface area contributed by atoms with Crippen LogP contribution in [0.25, 0.3) is 0 Å². The first kappa shape index (κ1) is 25.2. The van der Waals surface area contributed by atoms with E-state index in [9.17, 15) is 28.8 Å². The summed E-state index contributed by atoms with van der Waals surface area (Å²) in [6.45, 7) is 0.